The highest BCUT2D eigenvalue weighted by Gasteiger charge is 2.28. The average Bonchev–Trinajstić information content (AvgIpc) is 2.44. The number of rotatable bonds is 8. The van der Waals surface area contributed by atoms with Gasteiger partial charge in [0.2, 0.25) is 0 Å². The molecule has 0 amide bonds. The van der Waals surface area contributed by atoms with Crippen LogP contribution in [0.5, 0.6) is 11.5 Å². The molecule has 1 aromatic carbocycles. The molecule has 1 rings (SSSR count). The van der Waals surface area contributed by atoms with Crippen LogP contribution in [-0.4, -0.2) is 31.8 Å². The second-order valence-corrected chi connectivity index (χ2v) is 4.74. The zero-order chi connectivity index (χ0) is 15.0. The molecule has 0 saturated heterocycles. The van der Waals surface area contributed by atoms with Crippen LogP contribution in [0.4, 0.5) is 0 Å². The summed E-state index contributed by atoms with van der Waals surface area (Å²) in [6.07, 6.45) is 1.15. The Kier molecular flexibility index (Phi) is 6.31. The van der Waals surface area contributed by atoms with Crippen molar-refractivity contribution in [2.45, 2.75) is 32.2 Å². The number of carbonyl (C=O) groups is 1. The van der Waals surface area contributed by atoms with Gasteiger partial charge >= 0.3 is 5.97 Å². The fourth-order valence-electron chi connectivity index (χ4n) is 1.80. The molecule has 1 atom stereocenters. The Morgan fingerprint density at radius 3 is 2.40 bits per heavy atom. The summed E-state index contributed by atoms with van der Waals surface area (Å²) in [7, 11) is 1.34. The number of para-hydroxylation sites is 2. The van der Waals surface area contributed by atoms with E-state index in [0.717, 1.165) is 5.75 Å². The van der Waals surface area contributed by atoms with Gasteiger partial charge in [-0.05, 0) is 38.8 Å². The molecule has 1 unspecified atom stereocenters. The van der Waals surface area contributed by atoms with Gasteiger partial charge in [0.05, 0.1) is 20.3 Å². The van der Waals surface area contributed by atoms with E-state index < -0.39 is 11.5 Å². The van der Waals surface area contributed by atoms with E-state index in [1.54, 1.807) is 6.92 Å². The molecule has 0 aromatic heterocycles. The molecule has 5 nitrogen and oxygen atoms in total. The van der Waals surface area contributed by atoms with Gasteiger partial charge in [-0.1, -0.05) is 12.1 Å². The summed E-state index contributed by atoms with van der Waals surface area (Å²) in [4.78, 5) is 11.4. The van der Waals surface area contributed by atoms with E-state index >= 15 is 0 Å². The monoisotopic (exact) mass is 281 g/mol. The molecule has 0 radical (unpaired) electrons. The molecule has 5 heteroatoms. The standard InChI is InChI=1S/C15H23NO4/c1-4-19-12-8-5-6-9-13(12)20-11-7-10-15(2,16)14(17)18-3/h5-6,8-9H,4,7,10-11,16H2,1-3H3. The number of nitrogens with two attached hydrogens (primary N) is 1. The van der Waals surface area contributed by atoms with E-state index in [9.17, 15) is 4.79 Å². The third kappa shape index (κ3) is 4.74. The lowest BCUT2D eigenvalue weighted by Crippen LogP contribution is -2.45. The first-order valence-corrected chi connectivity index (χ1v) is 6.73. The highest BCUT2D eigenvalue weighted by molar-refractivity contribution is 5.79. The number of methoxy groups -OCH3 is 1. The molecule has 0 heterocycles. The van der Waals surface area contributed by atoms with Gasteiger partial charge in [-0.2, -0.15) is 0 Å². The molecule has 0 aliphatic rings. The van der Waals surface area contributed by atoms with Gasteiger partial charge in [0, 0.05) is 0 Å². The van der Waals surface area contributed by atoms with Crippen LogP contribution in [0.1, 0.15) is 26.7 Å². The predicted octanol–water partition coefficient (Wildman–Crippen LogP) is 2.13. The minimum Gasteiger partial charge on any atom is -0.490 e. The minimum atomic E-state index is -0.975. The summed E-state index contributed by atoms with van der Waals surface area (Å²) in [5.74, 6) is 1.01. The van der Waals surface area contributed by atoms with Crippen molar-refractivity contribution in [3.63, 3.8) is 0 Å². The lowest BCUT2D eigenvalue weighted by molar-refractivity contribution is -0.146. The SMILES string of the molecule is CCOc1ccccc1OCCCC(C)(N)C(=O)OC. The Hall–Kier alpha value is -1.75. The largest absolute Gasteiger partial charge is 0.490 e. The summed E-state index contributed by atoms with van der Waals surface area (Å²) in [5.41, 5.74) is 4.90. The van der Waals surface area contributed by atoms with Gasteiger partial charge in [-0.3, -0.25) is 4.79 Å². The summed E-state index contributed by atoms with van der Waals surface area (Å²) in [6, 6.07) is 7.50. The van der Waals surface area contributed by atoms with Gasteiger partial charge < -0.3 is 19.9 Å². The van der Waals surface area contributed by atoms with Crippen molar-refractivity contribution in [1.82, 2.24) is 0 Å². The maximum atomic E-state index is 11.4. The molecule has 1 aromatic rings. The van der Waals surface area contributed by atoms with Crippen molar-refractivity contribution in [3.8, 4) is 11.5 Å². The molecule has 112 valence electrons. The maximum Gasteiger partial charge on any atom is 0.325 e. The van der Waals surface area contributed by atoms with Crippen molar-refractivity contribution < 1.29 is 19.0 Å². The molecule has 0 spiro atoms. The Morgan fingerprint density at radius 2 is 1.85 bits per heavy atom. The third-order valence-electron chi connectivity index (χ3n) is 2.90. The van der Waals surface area contributed by atoms with Gasteiger partial charge in [0.25, 0.3) is 0 Å². The van der Waals surface area contributed by atoms with E-state index in [1.807, 2.05) is 31.2 Å². The lowest BCUT2D eigenvalue weighted by atomic mass is 9.98. The van der Waals surface area contributed by atoms with Crippen LogP contribution < -0.4 is 15.2 Å². The summed E-state index contributed by atoms with van der Waals surface area (Å²) in [5, 5.41) is 0. The van der Waals surface area contributed by atoms with Crippen LogP contribution in [0.25, 0.3) is 0 Å². The quantitative estimate of drug-likeness (QED) is 0.584. The predicted molar refractivity (Wildman–Crippen MR) is 76.9 cm³/mol. The van der Waals surface area contributed by atoms with E-state index in [1.165, 1.54) is 7.11 Å². The fraction of sp³-hybridized carbons (Fsp3) is 0.533. The molecular formula is C15H23NO4. The van der Waals surface area contributed by atoms with Crippen LogP contribution in [0.15, 0.2) is 24.3 Å². The number of carbonyl (C=O) groups excluding carboxylic acids is 1. The van der Waals surface area contributed by atoms with E-state index in [4.69, 9.17) is 15.2 Å². The Bertz CT molecular complexity index is 432. The van der Waals surface area contributed by atoms with Crippen molar-refractivity contribution in [1.29, 1.82) is 0 Å². The number of benzene rings is 1. The van der Waals surface area contributed by atoms with Crippen LogP contribution in [-0.2, 0) is 9.53 Å². The second-order valence-electron chi connectivity index (χ2n) is 4.74. The number of ether oxygens (including phenoxy) is 3. The first-order valence-electron chi connectivity index (χ1n) is 6.73. The molecule has 0 aliphatic carbocycles. The van der Waals surface area contributed by atoms with Crippen LogP contribution in [0, 0.1) is 0 Å². The van der Waals surface area contributed by atoms with Gasteiger partial charge in [-0.15, -0.1) is 0 Å². The Labute approximate surface area is 120 Å². The molecule has 0 aliphatic heterocycles. The lowest BCUT2D eigenvalue weighted by Gasteiger charge is -2.21. The second kappa shape index (κ2) is 7.75. The van der Waals surface area contributed by atoms with Gasteiger partial charge in [0.1, 0.15) is 5.54 Å². The van der Waals surface area contributed by atoms with E-state index in [0.29, 0.717) is 31.8 Å². The zero-order valence-corrected chi connectivity index (χ0v) is 12.3. The molecule has 20 heavy (non-hydrogen) atoms. The van der Waals surface area contributed by atoms with E-state index in [2.05, 4.69) is 4.74 Å². The highest BCUT2D eigenvalue weighted by atomic mass is 16.5. The Morgan fingerprint density at radius 1 is 1.25 bits per heavy atom. The normalized spacial score (nSPS) is 13.4. The fourth-order valence-corrected chi connectivity index (χ4v) is 1.80. The average molecular weight is 281 g/mol. The van der Waals surface area contributed by atoms with Gasteiger partial charge in [0.15, 0.2) is 11.5 Å². The van der Waals surface area contributed by atoms with Crippen LogP contribution in [0.2, 0.25) is 0 Å². The summed E-state index contributed by atoms with van der Waals surface area (Å²) >= 11 is 0. The third-order valence-corrected chi connectivity index (χ3v) is 2.90. The maximum absolute atomic E-state index is 11.4. The Balaban J connectivity index is 2.43. The smallest absolute Gasteiger partial charge is 0.325 e. The molecule has 0 fully saturated rings. The van der Waals surface area contributed by atoms with Crippen molar-refractivity contribution in [3.05, 3.63) is 24.3 Å². The van der Waals surface area contributed by atoms with Crippen molar-refractivity contribution in [2.24, 2.45) is 5.73 Å². The van der Waals surface area contributed by atoms with Crippen molar-refractivity contribution >= 4 is 5.97 Å². The van der Waals surface area contributed by atoms with E-state index in [-0.39, 0.29) is 0 Å². The highest BCUT2D eigenvalue weighted by Crippen LogP contribution is 2.26. The first kappa shape index (κ1) is 16.3. The molecule has 0 bridgehead atoms. The van der Waals surface area contributed by atoms with Crippen LogP contribution in [0.3, 0.4) is 0 Å². The molecular weight excluding hydrogens is 258 g/mol. The van der Waals surface area contributed by atoms with Crippen molar-refractivity contribution in [2.75, 3.05) is 20.3 Å². The van der Waals surface area contributed by atoms with Crippen LogP contribution >= 0.6 is 0 Å². The van der Waals surface area contributed by atoms with Gasteiger partial charge in [-0.25, -0.2) is 0 Å². The summed E-state index contributed by atoms with van der Waals surface area (Å²) < 4.78 is 15.8. The molecule has 2 N–H and O–H groups in total. The number of esters is 1. The zero-order valence-electron chi connectivity index (χ0n) is 12.3. The minimum absolute atomic E-state index is 0.410. The topological polar surface area (TPSA) is 70.8 Å². The number of hydrogen-bond acceptors (Lipinski definition) is 5. The summed E-state index contributed by atoms with van der Waals surface area (Å²) in [6.45, 7) is 4.64. The first-order chi connectivity index (χ1) is 9.51. The molecule has 0 saturated carbocycles. The number of hydrogen-bond donors (Lipinski definition) is 1.